The Balaban J connectivity index is 2.74. The summed E-state index contributed by atoms with van der Waals surface area (Å²) < 4.78 is 9.84. The van der Waals surface area contributed by atoms with Gasteiger partial charge in [0.1, 0.15) is 0 Å². The van der Waals surface area contributed by atoms with Gasteiger partial charge >= 0.3 is 0 Å². The minimum Gasteiger partial charge on any atom is -0.479 e. The van der Waals surface area contributed by atoms with Crippen LogP contribution in [-0.2, 0) is 0 Å². The summed E-state index contributed by atoms with van der Waals surface area (Å²) >= 11 is 0. The summed E-state index contributed by atoms with van der Waals surface area (Å²) in [5, 5.41) is 3.66. The average molecular weight is 170 g/mol. The molecule has 4 nitrogen and oxygen atoms in total. The van der Waals surface area contributed by atoms with E-state index < -0.39 is 0 Å². The minimum atomic E-state index is -0.110. The molecule has 0 aliphatic rings. The minimum absolute atomic E-state index is 0.110. The summed E-state index contributed by atoms with van der Waals surface area (Å²) in [5.41, 5.74) is 5.82. The molecule has 1 atom stereocenters. The highest BCUT2D eigenvalue weighted by Crippen LogP contribution is 2.21. The number of hydrogen-bond donors (Lipinski definition) is 1. The molecule has 1 aromatic rings. The maximum Gasteiger partial charge on any atom is 0.254 e. The van der Waals surface area contributed by atoms with E-state index in [1.807, 2.05) is 13.8 Å². The van der Waals surface area contributed by atoms with Crippen molar-refractivity contribution >= 4 is 0 Å². The van der Waals surface area contributed by atoms with Crippen LogP contribution in [0.15, 0.2) is 10.6 Å². The highest BCUT2D eigenvalue weighted by atomic mass is 16.5. The Labute approximate surface area is 71.7 Å². The molecule has 0 radical (unpaired) electrons. The van der Waals surface area contributed by atoms with E-state index in [2.05, 4.69) is 5.16 Å². The molecular weight excluding hydrogens is 156 g/mol. The molecule has 0 aliphatic carbocycles. The molecule has 0 aromatic carbocycles. The van der Waals surface area contributed by atoms with E-state index in [1.165, 1.54) is 0 Å². The Hall–Kier alpha value is -1.03. The van der Waals surface area contributed by atoms with Gasteiger partial charge in [-0.3, -0.25) is 0 Å². The van der Waals surface area contributed by atoms with Gasteiger partial charge < -0.3 is 15.0 Å². The third-order valence-electron chi connectivity index (χ3n) is 1.76. The highest BCUT2D eigenvalue weighted by molar-refractivity contribution is 5.13. The van der Waals surface area contributed by atoms with Gasteiger partial charge in [-0.2, -0.15) is 0 Å². The number of aromatic nitrogens is 1. The summed E-state index contributed by atoms with van der Waals surface area (Å²) in [6.45, 7) is 4.05. The second kappa shape index (κ2) is 3.58. The van der Waals surface area contributed by atoms with E-state index in [0.717, 1.165) is 0 Å². The highest BCUT2D eigenvalue weighted by Gasteiger charge is 2.15. The van der Waals surface area contributed by atoms with E-state index in [0.29, 0.717) is 17.6 Å². The Bertz CT molecular complexity index is 245. The number of rotatable bonds is 3. The fourth-order valence-corrected chi connectivity index (χ4v) is 0.854. The van der Waals surface area contributed by atoms with Gasteiger partial charge in [0.05, 0.1) is 13.2 Å². The number of nitrogens with two attached hydrogens (primary N) is 1. The fourth-order valence-electron chi connectivity index (χ4n) is 0.854. The monoisotopic (exact) mass is 170 g/mol. The molecule has 1 rings (SSSR count). The van der Waals surface area contributed by atoms with E-state index >= 15 is 0 Å². The first-order valence-corrected chi connectivity index (χ1v) is 3.91. The summed E-state index contributed by atoms with van der Waals surface area (Å²) in [5.74, 6) is 1.48. The lowest BCUT2D eigenvalue weighted by molar-refractivity contribution is 0.304. The molecule has 68 valence electrons. The van der Waals surface area contributed by atoms with E-state index in [4.69, 9.17) is 15.0 Å². The van der Waals surface area contributed by atoms with Crippen LogP contribution in [0.3, 0.4) is 0 Å². The van der Waals surface area contributed by atoms with E-state index in [9.17, 15) is 0 Å². The standard InChI is InChI=1S/C8H14N2O2/c1-5(2)8(9)6-4-7(11-3)10-12-6/h4-5,8H,9H2,1-3H3/t8-/m1/s1. The third kappa shape index (κ3) is 1.76. The SMILES string of the molecule is COc1cc([C@H](N)C(C)C)on1. The Morgan fingerprint density at radius 3 is 2.67 bits per heavy atom. The van der Waals surface area contributed by atoms with E-state index in [-0.39, 0.29) is 6.04 Å². The molecule has 0 saturated carbocycles. The van der Waals surface area contributed by atoms with Crippen molar-refractivity contribution in [3.63, 3.8) is 0 Å². The van der Waals surface area contributed by atoms with Crippen LogP contribution in [0, 0.1) is 5.92 Å². The van der Waals surface area contributed by atoms with Crippen molar-refractivity contribution in [2.24, 2.45) is 11.7 Å². The Kier molecular flexibility index (Phi) is 2.70. The molecule has 0 aliphatic heterocycles. The molecule has 0 saturated heterocycles. The number of methoxy groups -OCH3 is 1. The van der Waals surface area contributed by atoms with Crippen LogP contribution >= 0.6 is 0 Å². The van der Waals surface area contributed by atoms with Crippen LogP contribution < -0.4 is 10.5 Å². The van der Waals surface area contributed by atoms with Crippen LogP contribution in [0.4, 0.5) is 0 Å². The van der Waals surface area contributed by atoms with Gasteiger partial charge in [0.2, 0.25) is 0 Å². The summed E-state index contributed by atoms with van der Waals surface area (Å²) in [4.78, 5) is 0. The van der Waals surface area contributed by atoms with Gasteiger partial charge in [-0.1, -0.05) is 13.8 Å². The molecule has 0 unspecified atom stereocenters. The molecule has 12 heavy (non-hydrogen) atoms. The number of hydrogen-bond acceptors (Lipinski definition) is 4. The predicted molar refractivity (Wildman–Crippen MR) is 44.8 cm³/mol. The van der Waals surface area contributed by atoms with Crippen LogP contribution in [0.25, 0.3) is 0 Å². The van der Waals surface area contributed by atoms with Crippen molar-refractivity contribution in [1.82, 2.24) is 5.16 Å². The fraction of sp³-hybridized carbons (Fsp3) is 0.625. The third-order valence-corrected chi connectivity index (χ3v) is 1.76. The van der Waals surface area contributed by atoms with Gasteiger partial charge in [0.25, 0.3) is 5.88 Å². The lowest BCUT2D eigenvalue weighted by Crippen LogP contribution is -2.15. The van der Waals surface area contributed by atoms with Gasteiger partial charge in [-0.15, -0.1) is 0 Å². The largest absolute Gasteiger partial charge is 0.479 e. The molecule has 0 fully saturated rings. The van der Waals surface area contributed by atoms with Crippen molar-refractivity contribution in [2.75, 3.05) is 7.11 Å². The van der Waals surface area contributed by atoms with Crippen molar-refractivity contribution in [3.05, 3.63) is 11.8 Å². The topological polar surface area (TPSA) is 61.3 Å². The lowest BCUT2D eigenvalue weighted by Gasteiger charge is -2.10. The second-order valence-electron chi connectivity index (χ2n) is 3.04. The molecule has 0 spiro atoms. The quantitative estimate of drug-likeness (QED) is 0.743. The van der Waals surface area contributed by atoms with Gasteiger partial charge in [-0.05, 0) is 11.1 Å². The van der Waals surface area contributed by atoms with Gasteiger partial charge in [-0.25, -0.2) is 0 Å². The first-order chi connectivity index (χ1) is 5.65. The predicted octanol–water partition coefficient (Wildman–Crippen LogP) is 1.34. The normalized spacial score (nSPS) is 13.4. The van der Waals surface area contributed by atoms with Gasteiger partial charge in [0.15, 0.2) is 5.76 Å². The van der Waals surface area contributed by atoms with Crippen molar-refractivity contribution in [2.45, 2.75) is 19.9 Å². The number of nitrogens with zero attached hydrogens (tertiary/aromatic N) is 1. The Morgan fingerprint density at radius 2 is 2.25 bits per heavy atom. The zero-order valence-corrected chi connectivity index (χ0v) is 7.57. The lowest BCUT2D eigenvalue weighted by atomic mass is 10.0. The first-order valence-electron chi connectivity index (χ1n) is 3.91. The van der Waals surface area contributed by atoms with Crippen LogP contribution in [-0.4, -0.2) is 12.3 Å². The molecule has 2 N–H and O–H groups in total. The van der Waals surface area contributed by atoms with Crippen LogP contribution in [0.2, 0.25) is 0 Å². The number of ether oxygens (including phenoxy) is 1. The summed E-state index contributed by atoms with van der Waals surface area (Å²) in [7, 11) is 1.54. The molecule has 0 bridgehead atoms. The molecule has 1 aromatic heterocycles. The molecule has 0 amide bonds. The molecule has 1 heterocycles. The average Bonchev–Trinajstić information content (AvgIpc) is 2.50. The summed E-state index contributed by atoms with van der Waals surface area (Å²) in [6, 6.07) is 1.60. The summed E-state index contributed by atoms with van der Waals surface area (Å²) in [6.07, 6.45) is 0. The smallest absolute Gasteiger partial charge is 0.254 e. The maximum atomic E-state index is 5.82. The molecular formula is C8H14N2O2. The zero-order valence-electron chi connectivity index (χ0n) is 7.57. The molecule has 4 heteroatoms. The zero-order chi connectivity index (χ0) is 9.14. The van der Waals surface area contributed by atoms with Gasteiger partial charge in [0, 0.05) is 6.07 Å². The van der Waals surface area contributed by atoms with Crippen LogP contribution in [0.1, 0.15) is 25.6 Å². The first kappa shape index (κ1) is 9.06. The van der Waals surface area contributed by atoms with E-state index in [1.54, 1.807) is 13.2 Å². The van der Waals surface area contributed by atoms with Crippen molar-refractivity contribution < 1.29 is 9.26 Å². The Morgan fingerprint density at radius 1 is 1.58 bits per heavy atom. The van der Waals surface area contributed by atoms with Crippen LogP contribution in [0.5, 0.6) is 5.88 Å². The maximum absolute atomic E-state index is 5.82. The van der Waals surface area contributed by atoms with Crippen molar-refractivity contribution in [1.29, 1.82) is 0 Å². The van der Waals surface area contributed by atoms with Crippen molar-refractivity contribution in [3.8, 4) is 5.88 Å². The second-order valence-corrected chi connectivity index (χ2v) is 3.04.